The number of carbonyl (C=O) groups excluding carboxylic acids is 2. The molecule has 0 fully saturated rings. The number of carbonyl (C=O) groups is 3. The van der Waals surface area contributed by atoms with Gasteiger partial charge in [-0.3, -0.25) is 9.59 Å². The Labute approximate surface area is 546 Å². The third-order valence-corrected chi connectivity index (χ3v) is 14.5. The van der Waals surface area contributed by atoms with Gasteiger partial charge in [0.1, 0.15) is 13.2 Å². The van der Waals surface area contributed by atoms with Gasteiger partial charge in [-0.25, -0.2) is 4.79 Å². The molecule has 0 saturated carbocycles. The van der Waals surface area contributed by atoms with Crippen LogP contribution in [0.5, 0.6) is 0 Å². The Kier molecular flexibility index (Phi) is 64.4. The zero-order valence-corrected chi connectivity index (χ0v) is 57.3. The van der Waals surface area contributed by atoms with Crippen molar-refractivity contribution in [2.24, 2.45) is 0 Å². The molecule has 502 valence electrons. The van der Waals surface area contributed by atoms with Gasteiger partial charge in [-0.1, -0.05) is 287 Å². The third kappa shape index (κ3) is 70.0. The van der Waals surface area contributed by atoms with Crippen molar-refractivity contribution in [1.82, 2.24) is 0 Å². The van der Waals surface area contributed by atoms with Crippen LogP contribution in [0.25, 0.3) is 0 Å². The van der Waals surface area contributed by atoms with E-state index in [0.717, 1.165) is 122 Å². The number of allylic oxidation sites excluding steroid dienone is 28. The summed E-state index contributed by atoms with van der Waals surface area (Å²) in [5.74, 6) is -2.08. The summed E-state index contributed by atoms with van der Waals surface area (Å²) in [5, 5.41) is 9.74. The molecule has 0 aliphatic carbocycles. The maximum Gasteiger partial charge on any atom is 0.361 e. The molecule has 0 aliphatic rings. The number of rotatable bonds is 63. The molecule has 2 unspecified atom stereocenters. The molecule has 0 bridgehead atoms. The quantitative estimate of drug-likeness (QED) is 0.0211. The maximum atomic E-state index is 12.9. The van der Waals surface area contributed by atoms with E-state index >= 15 is 0 Å². The first kappa shape index (κ1) is 83.7. The first-order valence-corrected chi connectivity index (χ1v) is 35.3. The van der Waals surface area contributed by atoms with E-state index in [0.29, 0.717) is 17.4 Å². The molecule has 0 amide bonds. The Bertz CT molecular complexity index is 2070. The predicted molar refractivity (Wildman–Crippen MR) is 382 cm³/mol. The van der Waals surface area contributed by atoms with E-state index in [1.54, 1.807) is 0 Å². The molecule has 0 aliphatic heterocycles. The molecule has 2 atom stereocenters. The Hall–Kier alpha value is -5.35. The van der Waals surface area contributed by atoms with Gasteiger partial charge < -0.3 is 28.5 Å². The van der Waals surface area contributed by atoms with Crippen LogP contribution < -0.4 is 0 Å². The highest BCUT2D eigenvalue weighted by Gasteiger charge is 2.25. The van der Waals surface area contributed by atoms with Gasteiger partial charge in [0, 0.05) is 12.8 Å². The summed E-state index contributed by atoms with van der Waals surface area (Å²) in [4.78, 5) is 37.6. The highest BCUT2D eigenvalue weighted by Crippen LogP contribution is 2.16. The van der Waals surface area contributed by atoms with E-state index in [2.05, 4.69) is 184 Å². The average molecular weight is 1230 g/mol. The third-order valence-electron chi connectivity index (χ3n) is 14.5. The fraction of sp³-hybridized carbons (Fsp3) is 0.613. The standard InChI is InChI=1S/C80H129NO8/c1-6-8-10-12-14-16-18-20-22-24-26-28-30-32-34-35-36-37-38-39-40-41-42-43-45-46-48-50-52-54-56-58-60-62-64-66-68-70-77(82)87-74-76(75-88-80(79(84)85)86-73-72-81(3,4)5)89-78(83)71-69-67-65-63-61-59-57-55-53-51-49-47-44-33-31-29-27-25-23-21-19-17-15-13-11-9-7-2/h8-11,14-17,20-23,26-29,32-34,36-37,44,49,51,55,57,61,63,76,80H,6-7,12-13,18-19,24-25,30-31,35,38-43,45-48,50,52-54,56,58-60,62,64-75H2,1-5H3/p+1/b10-8-,11-9-,16-14-,17-15-,22-20-,23-21-,28-26-,29-27-,34-32-,37-36-,44-33-,51-49-,57-55-,63-61-. The van der Waals surface area contributed by atoms with Gasteiger partial charge in [-0.15, -0.1) is 0 Å². The van der Waals surface area contributed by atoms with Crippen LogP contribution in [0.15, 0.2) is 170 Å². The number of esters is 2. The molecule has 0 aromatic rings. The molecule has 9 heteroatoms. The second-order valence-corrected chi connectivity index (χ2v) is 24.1. The Morgan fingerprint density at radius 3 is 0.921 bits per heavy atom. The monoisotopic (exact) mass is 1230 g/mol. The lowest BCUT2D eigenvalue weighted by atomic mass is 10.0. The minimum Gasteiger partial charge on any atom is -0.477 e. The molecule has 0 spiro atoms. The summed E-state index contributed by atoms with van der Waals surface area (Å²) in [6.45, 7) is 4.59. The van der Waals surface area contributed by atoms with Crippen LogP contribution in [-0.4, -0.2) is 87.4 Å². The van der Waals surface area contributed by atoms with Gasteiger partial charge in [0.15, 0.2) is 6.10 Å². The van der Waals surface area contributed by atoms with E-state index in [-0.39, 0.29) is 38.6 Å². The molecule has 9 nitrogen and oxygen atoms in total. The van der Waals surface area contributed by atoms with E-state index < -0.39 is 24.3 Å². The molecule has 0 aromatic heterocycles. The van der Waals surface area contributed by atoms with Gasteiger partial charge in [0.25, 0.3) is 6.29 Å². The van der Waals surface area contributed by atoms with Gasteiger partial charge >= 0.3 is 17.9 Å². The van der Waals surface area contributed by atoms with Crippen molar-refractivity contribution in [3.8, 4) is 0 Å². The molecule has 1 N–H and O–H groups in total. The summed E-state index contributed by atoms with van der Waals surface area (Å²) in [6, 6.07) is 0. The van der Waals surface area contributed by atoms with E-state index in [1.807, 2.05) is 21.1 Å². The number of ether oxygens (including phenoxy) is 4. The number of hydrogen-bond acceptors (Lipinski definition) is 7. The van der Waals surface area contributed by atoms with Crippen molar-refractivity contribution < 1.29 is 42.9 Å². The summed E-state index contributed by atoms with van der Waals surface area (Å²) in [7, 11) is 5.95. The Morgan fingerprint density at radius 1 is 0.337 bits per heavy atom. The minimum atomic E-state index is -1.53. The fourth-order valence-corrected chi connectivity index (χ4v) is 9.15. The molecule has 0 heterocycles. The zero-order valence-electron chi connectivity index (χ0n) is 57.3. The van der Waals surface area contributed by atoms with Gasteiger partial charge in [0.2, 0.25) is 0 Å². The molecule has 89 heavy (non-hydrogen) atoms. The number of aliphatic carboxylic acids is 1. The fourth-order valence-electron chi connectivity index (χ4n) is 9.15. The van der Waals surface area contributed by atoms with Crippen molar-refractivity contribution >= 4 is 17.9 Å². The first-order valence-electron chi connectivity index (χ1n) is 35.3. The smallest absolute Gasteiger partial charge is 0.361 e. The molecular weight excluding hydrogens is 1100 g/mol. The number of quaternary nitrogens is 1. The zero-order chi connectivity index (χ0) is 64.7. The lowest BCUT2D eigenvalue weighted by molar-refractivity contribution is -0.870. The van der Waals surface area contributed by atoms with E-state index in [1.165, 1.54) is 103 Å². The summed E-state index contributed by atoms with van der Waals surface area (Å²) < 4.78 is 22.9. The van der Waals surface area contributed by atoms with E-state index in [4.69, 9.17) is 18.9 Å². The number of nitrogens with zero attached hydrogens (tertiary/aromatic N) is 1. The minimum absolute atomic E-state index is 0.171. The van der Waals surface area contributed by atoms with Crippen LogP contribution in [0.3, 0.4) is 0 Å². The van der Waals surface area contributed by atoms with E-state index in [9.17, 15) is 19.5 Å². The van der Waals surface area contributed by atoms with Crippen molar-refractivity contribution in [3.05, 3.63) is 170 Å². The highest BCUT2D eigenvalue weighted by atomic mass is 16.7. The number of unbranched alkanes of at least 4 members (excludes halogenated alkanes) is 20. The van der Waals surface area contributed by atoms with Gasteiger partial charge in [-0.05, 0) is 128 Å². The van der Waals surface area contributed by atoms with Crippen LogP contribution in [0.2, 0.25) is 0 Å². The van der Waals surface area contributed by atoms with Crippen LogP contribution in [0, 0.1) is 0 Å². The Balaban J connectivity index is 4.18. The second-order valence-electron chi connectivity index (χ2n) is 24.1. The molecule has 0 rings (SSSR count). The van der Waals surface area contributed by atoms with Crippen molar-refractivity contribution in [3.63, 3.8) is 0 Å². The lowest BCUT2D eigenvalue weighted by Gasteiger charge is -2.25. The number of carboxylic acid groups (broad SMARTS) is 1. The molecule has 0 radical (unpaired) electrons. The number of likely N-dealkylation sites (N-methyl/N-ethyl adjacent to an activating group) is 1. The predicted octanol–water partition coefficient (Wildman–Crippen LogP) is 22.2. The van der Waals surface area contributed by atoms with Crippen molar-refractivity contribution in [2.75, 3.05) is 47.5 Å². The normalized spacial score (nSPS) is 13.8. The second kappa shape index (κ2) is 68.6. The van der Waals surface area contributed by atoms with Crippen LogP contribution in [0.4, 0.5) is 0 Å². The maximum absolute atomic E-state index is 12.9. The van der Waals surface area contributed by atoms with Gasteiger partial charge in [0.05, 0.1) is 34.4 Å². The van der Waals surface area contributed by atoms with Gasteiger partial charge in [-0.2, -0.15) is 0 Å². The number of carboxylic acids is 1. The molecule has 0 saturated heterocycles. The van der Waals surface area contributed by atoms with Crippen LogP contribution in [0.1, 0.15) is 258 Å². The molecule has 0 aromatic carbocycles. The van der Waals surface area contributed by atoms with Crippen molar-refractivity contribution in [2.45, 2.75) is 270 Å². The average Bonchev–Trinajstić information content (AvgIpc) is 3.64. The van der Waals surface area contributed by atoms with Crippen molar-refractivity contribution in [1.29, 1.82) is 0 Å². The summed E-state index contributed by atoms with van der Waals surface area (Å²) >= 11 is 0. The van der Waals surface area contributed by atoms with Crippen LogP contribution in [-0.2, 0) is 33.3 Å². The number of hydrogen-bond donors (Lipinski definition) is 1. The summed E-state index contributed by atoms with van der Waals surface area (Å²) in [5.41, 5.74) is 0. The SMILES string of the molecule is CC/C=C\C/C=C\C/C=C\C/C=C\C/C=C\C/C=C\C/C=C\C/C=C\CCCCC(=O)OC(COC(=O)CCCCCCCCCCCCCCCCCCCC/C=C\C/C=C\C/C=C\C/C=C\C/C=C\C/C=C\CC)COC(OCC[N+](C)(C)C)C(=O)O. The largest absolute Gasteiger partial charge is 0.477 e. The first-order chi connectivity index (χ1) is 43.6. The Morgan fingerprint density at radius 2 is 0.607 bits per heavy atom. The van der Waals surface area contributed by atoms with Crippen LogP contribution >= 0.6 is 0 Å². The lowest BCUT2D eigenvalue weighted by Crippen LogP contribution is -2.40. The summed E-state index contributed by atoms with van der Waals surface area (Å²) in [6.07, 6.45) is 100. The molecular formula is C80H130NO8+. The highest BCUT2D eigenvalue weighted by molar-refractivity contribution is 5.71. The topological polar surface area (TPSA) is 108 Å².